The van der Waals surface area contributed by atoms with Gasteiger partial charge in [0.05, 0.1) is 4.92 Å². The summed E-state index contributed by atoms with van der Waals surface area (Å²) >= 11 is 3.09. The predicted octanol–water partition coefficient (Wildman–Crippen LogP) is 2.17. The molecule has 0 unspecified atom stereocenters. The summed E-state index contributed by atoms with van der Waals surface area (Å²) in [5.41, 5.74) is -1.36. The van der Waals surface area contributed by atoms with Gasteiger partial charge < -0.3 is 10.4 Å². The Kier molecular flexibility index (Phi) is 3.20. The Morgan fingerprint density at radius 2 is 2.28 bits per heavy atom. The van der Waals surface area contributed by atoms with Crippen LogP contribution in [0.5, 0.6) is 0 Å². The van der Waals surface area contributed by atoms with Gasteiger partial charge in [0.2, 0.25) is 5.82 Å². The first-order valence-electron chi connectivity index (χ1n) is 5.26. The minimum absolute atomic E-state index is 0.00898. The third-order valence-electron chi connectivity index (χ3n) is 3.01. The van der Waals surface area contributed by atoms with E-state index < -0.39 is 16.4 Å². The third kappa shape index (κ3) is 2.15. The van der Waals surface area contributed by atoms with Gasteiger partial charge in [0.1, 0.15) is 5.54 Å². The first-order chi connectivity index (χ1) is 8.44. The summed E-state index contributed by atoms with van der Waals surface area (Å²) in [5, 5.41) is 22.7. The van der Waals surface area contributed by atoms with Crippen LogP contribution in [0.2, 0.25) is 0 Å². The highest BCUT2D eigenvalue weighted by Crippen LogP contribution is 2.37. The average molecular weight is 316 g/mol. The molecule has 8 heteroatoms. The summed E-state index contributed by atoms with van der Waals surface area (Å²) in [4.78, 5) is 25.4. The van der Waals surface area contributed by atoms with Crippen LogP contribution in [0.1, 0.15) is 19.3 Å². The van der Waals surface area contributed by atoms with E-state index in [-0.39, 0.29) is 11.5 Å². The maximum atomic E-state index is 11.2. The van der Waals surface area contributed by atoms with Gasteiger partial charge in [-0.2, -0.15) is 0 Å². The van der Waals surface area contributed by atoms with Gasteiger partial charge in [-0.05, 0) is 35.2 Å². The van der Waals surface area contributed by atoms with Crippen molar-refractivity contribution < 1.29 is 14.8 Å². The molecule has 0 saturated heterocycles. The van der Waals surface area contributed by atoms with Crippen LogP contribution in [0, 0.1) is 10.1 Å². The monoisotopic (exact) mass is 315 g/mol. The number of nitrogens with one attached hydrogen (secondary N) is 1. The van der Waals surface area contributed by atoms with E-state index in [9.17, 15) is 14.9 Å². The highest BCUT2D eigenvalue weighted by atomic mass is 79.9. The SMILES string of the molecule is O=C(O)C1(Nc2ncc(Br)cc2[N+](=O)[O-])CCC1. The van der Waals surface area contributed by atoms with Crippen LogP contribution in [0.3, 0.4) is 0 Å². The summed E-state index contributed by atoms with van der Waals surface area (Å²) in [6, 6.07) is 1.30. The van der Waals surface area contributed by atoms with Crippen molar-refractivity contribution in [3.8, 4) is 0 Å². The molecular weight excluding hydrogens is 306 g/mol. The van der Waals surface area contributed by atoms with Crippen molar-refractivity contribution in [2.45, 2.75) is 24.8 Å². The number of carboxylic acid groups (broad SMARTS) is 1. The van der Waals surface area contributed by atoms with Gasteiger partial charge in [0, 0.05) is 16.7 Å². The van der Waals surface area contributed by atoms with E-state index in [1.165, 1.54) is 12.3 Å². The topological polar surface area (TPSA) is 105 Å². The van der Waals surface area contributed by atoms with Gasteiger partial charge in [-0.1, -0.05) is 0 Å². The molecule has 0 atom stereocenters. The van der Waals surface area contributed by atoms with Gasteiger partial charge in [0.15, 0.2) is 0 Å². The number of hydrogen-bond acceptors (Lipinski definition) is 5. The summed E-state index contributed by atoms with van der Waals surface area (Å²) in [5.74, 6) is -1.02. The van der Waals surface area contributed by atoms with Crippen molar-refractivity contribution in [2.75, 3.05) is 5.32 Å². The molecule has 0 spiro atoms. The molecule has 96 valence electrons. The van der Waals surface area contributed by atoms with E-state index in [0.717, 1.165) is 6.42 Å². The Hall–Kier alpha value is -1.70. The Bertz CT molecular complexity index is 516. The first kappa shape index (κ1) is 12.7. The number of rotatable bonds is 4. The lowest BCUT2D eigenvalue weighted by atomic mass is 9.77. The molecule has 1 fully saturated rings. The number of anilines is 1. The van der Waals surface area contributed by atoms with Gasteiger partial charge >= 0.3 is 11.7 Å². The maximum absolute atomic E-state index is 11.2. The lowest BCUT2D eigenvalue weighted by Gasteiger charge is -2.38. The second-order valence-corrected chi connectivity index (χ2v) is 5.06. The molecule has 18 heavy (non-hydrogen) atoms. The summed E-state index contributed by atoms with van der Waals surface area (Å²) in [7, 11) is 0. The second-order valence-electron chi connectivity index (χ2n) is 4.14. The molecular formula is C10H10BrN3O4. The molecule has 0 amide bonds. The number of aliphatic carboxylic acids is 1. The number of nitrogens with zero attached hydrogens (tertiary/aromatic N) is 2. The Balaban J connectivity index is 2.34. The molecule has 0 bridgehead atoms. The molecule has 0 radical (unpaired) electrons. The molecule has 1 aliphatic carbocycles. The number of pyridine rings is 1. The molecule has 1 aliphatic rings. The van der Waals surface area contributed by atoms with Crippen molar-refractivity contribution in [3.63, 3.8) is 0 Å². The lowest BCUT2D eigenvalue weighted by molar-refractivity contribution is -0.384. The zero-order valence-electron chi connectivity index (χ0n) is 9.22. The van der Waals surface area contributed by atoms with E-state index in [0.29, 0.717) is 17.3 Å². The fourth-order valence-electron chi connectivity index (χ4n) is 1.81. The van der Waals surface area contributed by atoms with Gasteiger partial charge in [-0.15, -0.1) is 0 Å². The van der Waals surface area contributed by atoms with Gasteiger partial charge in [0.25, 0.3) is 0 Å². The van der Waals surface area contributed by atoms with Crippen molar-refractivity contribution in [2.24, 2.45) is 0 Å². The average Bonchev–Trinajstić information content (AvgIpc) is 2.24. The van der Waals surface area contributed by atoms with Crippen LogP contribution in [-0.2, 0) is 4.79 Å². The summed E-state index contributed by atoms with van der Waals surface area (Å²) in [6.45, 7) is 0. The van der Waals surface area contributed by atoms with Crippen molar-refractivity contribution in [1.29, 1.82) is 0 Å². The van der Waals surface area contributed by atoms with Crippen molar-refractivity contribution in [1.82, 2.24) is 4.98 Å². The predicted molar refractivity (Wildman–Crippen MR) is 66.4 cm³/mol. The fraction of sp³-hybridized carbons (Fsp3) is 0.400. The van der Waals surface area contributed by atoms with Crippen LogP contribution in [0.15, 0.2) is 16.7 Å². The Morgan fingerprint density at radius 3 is 2.72 bits per heavy atom. The molecule has 1 heterocycles. The van der Waals surface area contributed by atoms with E-state index in [1.54, 1.807) is 0 Å². The molecule has 1 aromatic rings. The highest BCUT2D eigenvalue weighted by Gasteiger charge is 2.45. The van der Waals surface area contributed by atoms with Gasteiger partial charge in [-0.25, -0.2) is 9.78 Å². The van der Waals surface area contributed by atoms with Crippen molar-refractivity contribution in [3.05, 3.63) is 26.9 Å². The van der Waals surface area contributed by atoms with Crippen LogP contribution >= 0.6 is 15.9 Å². The van der Waals surface area contributed by atoms with E-state index in [2.05, 4.69) is 26.2 Å². The third-order valence-corrected chi connectivity index (χ3v) is 3.44. The minimum atomic E-state index is -1.12. The smallest absolute Gasteiger partial charge is 0.329 e. The van der Waals surface area contributed by atoms with Crippen molar-refractivity contribution >= 4 is 33.4 Å². The van der Waals surface area contributed by atoms with E-state index in [1.807, 2.05) is 0 Å². The number of aromatic nitrogens is 1. The molecule has 1 aromatic heterocycles. The molecule has 1 saturated carbocycles. The number of hydrogen-bond donors (Lipinski definition) is 2. The maximum Gasteiger partial charge on any atom is 0.329 e. The fourth-order valence-corrected chi connectivity index (χ4v) is 2.13. The molecule has 7 nitrogen and oxygen atoms in total. The summed E-state index contributed by atoms with van der Waals surface area (Å²) in [6.07, 6.45) is 3.06. The standard InChI is InChI=1S/C10H10BrN3O4/c11-6-4-7(14(17)18)8(12-5-6)13-10(9(15)16)2-1-3-10/h4-5H,1-3H2,(H,12,13)(H,15,16). The summed E-state index contributed by atoms with van der Waals surface area (Å²) < 4.78 is 0.470. The normalized spacial score (nSPS) is 16.7. The second kappa shape index (κ2) is 4.52. The number of nitro groups is 1. The van der Waals surface area contributed by atoms with Crippen LogP contribution in [0.4, 0.5) is 11.5 Å². The number of halogens is 1. The first-order valence-corrected chi connectivity index (χ1v) is 6.05. The zero-order valence-corrected chi connectivity index (χ0v) is 10.8. The quantitative estimate of drug-likeness (QED) is 0.651. The molecule has 0 aliphatic heterocycles. The van der Waals surface area contributed by atoms with Gasteiger partial charge in [-0.3, -0.25) is 10.1 Å². The molecule has 2 rings (SSSR count). The largest absolute Gasteiger partial charge is 0.480 e. The number of carboxylic acids is 1. The van der Waals surface area contributed by atoms with Crippen LogP contribution in [-0.4, -0.2) is 26.5 Å². The minimum Gasteiger partial charge on any atom is -0.480 e. The van der Waals surface area contributed by atoms with E-state index in [4.69, 9.17) is 5.11 Å². The van der Waals surface area contributed by atoms with Crippen LogP contribution < -0.4 is 5.32 Å². The highest BCUT2D eigenvalue weighted by molar-refractivity contribution is 9.10. The molecule has 2 N–H and O–H groups in total. The number of carbonyl (C=O) groups is 1. The van der Waals surface area contributed by atoms with Crippen LogP contribution in [0.25, 0.3) is 0 Å². The van der Waals surface area contributed by atoms with E-state index >= 15 is 0 Å². The zero-order chi connectivity index (χ0) is 13.3. The molecule has 0 aromatic carbocycles. The Morgan fingerprint density at radius 1 is 1.61 bits per heavy atom. The lowest BCUT2D eigenvalue weighted by Crippen LogP contribution is -2.52. The Labute approximate surface area is 110 Å².